The van der Waals surface area contributed by atoms with Gasteiger partial charge in [0.05, 0.1) is 12.1 Å². The first-order valence-electron chi connectivity index (χ1n) is 16.8. The Bertz CT molecular complexity index is 1330. The third-order valence-corrected chi connectivity index (χ3v) is 10.1. The fraction of sp³-hybridized carbons (Fsp3) is 0.657. The maximum atomic E-state index is 14.7. The molecule has 3 rings (SSSR count). The van der Waals surface area contributed by atoms with Crippen LogP contribution in [-0.4, -0.2) is 112 Å². The van der Waals surface area contributed by atoms with Crippen molar-refractivity contribution >= 4 is 35.4 Å². The topological polar surface area (TPSA) is 153 Å². The minimum absolute atomic E-state index is 0.00361. The van der Waals surface area contributed by atoms with Gasteiger partial charge in [-0.15, -0.1) is 0 Å². The van der Waals surface area contributed by atoms with E-state index in [0.717, 1.165) is 0 Å². The largest absolute Gasteiger partial charge is 0.330 e. The molecule has 5 atom stereocenters. The van der Waals surface area contributed by atoms with Crippen molar-refractivity contribution in [3.8, 4) is 0 Å². The lowest BCUT2D eigenvalue weighted by Gasteiger charge is -2.44. The highest BCUT2D eigenvalue weighted by Crippen LogP contribution is 2.32. The zero-order chi connectivity index (χ0) is 35.4. The minimum atomic E-state index is -1.63. The van der Waals surface area contributed by atoms with Gasteiger partial charge < -0.3 is 25.8 Å². The summed E-state index contributed by atoms with van der Waals surface area (Å²) in [5.41, 5.74) is 4.69. The van der Waals surface area contributed by atoms with E-state index < -0.39 is 59.3 Å². The van der Waals surface area contributed by atoms with Crippen molar-refractivity contribution in [2.75, 3.05) is 27.2 Å². The van der Waals surface area contributed by atoms with Crippen LogP contribution in [0.25, 0.3) is 0 Å². The van der Waals surface area contributed by atoms with E-state index in [2.05, 4.69) is 5.32 Å². The summed E-state index contributed by atoms with van der Waals surface area (Å²) in [5, 5.41) is 3.06. The highest BCUT2D eigenvalue weighted by atomic mass is 16.2. The number of likely N-dealkylation sites (N-methyl/N-ethyl adjacent to an activating group) is 2. The summed E-state index contributed by atoms with van der Waals surface area (Å²) in [6.07, 6.45) is 1.83. The van der Waals surface area contributed by atoms with Gasteiger partial charge in [-0.2, -0.15) is 0 Å². The van der Waals surface area contributed by atoms with E-state index in [0.29, 0.717) is 30.7 Å². The number of carbonyl (C=O) groups is 6. The van der Waals surface area contributed by atoms with Crippen molar-refractivity contribution in [3.05, 3.63) is 35.9 Å². The molecule has 12 heteroatoms. The molecule has 0 bridgehead atoms. The Hall–Kier alpha value is -3.64. The Morgan fingerprint density at radius 2 is 1.43 bits per heavy atom. The number of rotatable bonds is 11. The number of nitrogens with zero attached hydrogens (tertiary/aromatic N) is 4. The summed E-state index contributed by atoms with van der Waals surface area (Å²) in [6, 6.07) is 4.78. The normalized spacial score (nSPS) is 20.7. The van der Waals surface area contributed by atoms with Crippen molar-refractivity contribution in [1.82, 2.24) is 24.9 Å². The van der Waals surface area contributed by atoms with Crippen LogP contribution in [0.3, 0.4) is 0 Å². The van der Waals surface area contributed by atoms with Gasteiger partial charge in [-0.25, -0.2) is 4.90 Å². The Balaban J connectivity index is 2.04. The van der Waals surface area contributed by atoms with Crippen LogP contribution in [0.2, 0.25) is 0 Å². The molecule has 1 aromatic carbocycles. The number of amides is 6. The van der Waals surface area contributed by atoms with Crippen molar-refractivity contribution < 1.29 is 28.8 Å². The Morgan fingerprint density at radius 3 is 1.94 bits per heavy atom. The van der Waals surface area contributed by atoms with Crippen molar-refractivity contribution in [2.24, 2.45) is 23.5 Å². The number of hydrogen-bond donors (Lipinski definition) is 2. The second-order valence-corrected chi connectivity index (χ2v) is 14.0. The van der Waals surface area contributed by atoms with E-state index >= 15 is 0 Å². The molecular weight excluding hydrogens is 600 g/mol. The van der Waals surface area contributed by atoms with Crippen molar-refractivity contribution in [2.45, 2.75) is 104 Å². The average molecular weight is 655 g/mol. The molecule has 1 aromatic rings. The Morgan fingerprint density at radius 1 is 0.872 bits per heavy atom. The van der Waals surface area contributed by atoms with Crippen molar-refractivity contribution in [3.63, 3.8) is 0 Å². The quantitative estimate of drug-likeness (QED) is 0.345. The summed E-state index contributed by atoms with van der Waals surface area (Å²) in [5.74, 6) is -4.31. The van der Waals surface area contributed by atoms with Gasteiger partial charge in [-0.1, -0.05) is 59.7 Å². The molecule has 2 aliphatic heterocycles. The van der Waals surface area contributed by atoms with Gasteiger partial charge in [0.1, 0.15) is 17.6 Å². The van der Waals surface area contributed by atoms with Crippen LogP contribution in [0, 0.1) is 17.8 Å². The number of nitrogens with one attached hydrogen (secondary N) is 1. The molecule has 0 aromatic heterocycles. The number of carbonyl (C=O) groups excluding carboxylic acids is 6. The molecule has 2 aliphatic rings. The first kappa shape index (κ1) is 37.8. The maximum absolute atomic E-state index is 14.7. The van der Waals surface area contributed by atoms with Crippen LogP contribution >= 0.6 is 0 Å². The van der Waals surface area contributed by atoms with E-state index in [1.165, 1.54) is 35.9 Å². The summed E-state index contributed by atoms with van der Waals surface area (Å²) < 4.78 is 0. The van der Waals surface area contributed by atoms with Crippen LogP contribution in [0.4, 0.5) is 0 Å². The molecule has 0 aliphatic carbocycles. The highest BCUT2D eigenvalue weighted by Gasteiger charge is 2.52. The second kappa shape index (κ2) is 15.5. The summed E-state index contributed by atoms with van der Waals surface area (Å²) >= 11 is 0. The predicted molar refractivity (Wildman–Crippen MR) is 179 cm³/mol. The Kier molecular flexibility index (Phi) is 12.5. The fourth-order valence-corrected chi connectivity index (χ4v) is 6.58. The first-order valence-corrected chi connectivity index (χ1v) is 16.8. The van der Waals surface area contributed by atoms with Crippen LogP contribution in [-0.2, 0) is 24.0 Å². The number of benzene rings is 1. The number of hydrogen-bond acceptors (Lipinski definition) is 8. The molecule has 6 amide bonds. The molecule has 0 unspecified atom stereocenters. The third kappa shape index (κ3) is 7.43. The number of likely N-dealkylation sites (tertiary alicyclic amines) is 2. The first-order chi connectivity index (χ1) is 22.0. The second-order valence-electron chi connectivity index (χ2n) is 14.0. The van der Waals surface area contributed by atoms with Crippen LogP contribution in [0.5, 0.6) is 0 Å². The lowest BCUT2D eigenvalue weighted by Crippen LogP contribution is -2.66. The smallest absolute Gasteiger partial charge is 0.267 e. The molecule has 260 valence electrons. The molecule has 0 saturated carbocycles. The highest BCUT2D eigenvalue weighted by molar-refractivity contribution is 6.20. The average Bonchev–Trinajstić information content (AvgIpc) is 3.74. The molecule has 2 fully saturated rings. The summed E-state index contributed by atoms with van der Waals surface area (Å²) in [6.45, 7) is 13.2. The molecule has 2 saturated heterocycles. The van der Waals surface area contributed by atoms with Gasteiger partial charge in [-0.3, -0.25) is 28.8 Å². The minimum Gasteiger partial charge on any atom is -0.330 e. The van der Waals surface area contributed by atoms with Crippen LogP contribution in [0.1, 0.15) is 84.5 Å². The van der Waals surface area contributed by atoms with Gasteiger partial charge in [0.15, 0.2) is 0 Å². The van der Waals surface area contributed by atoms with E-state index in [9.17, 15) is 28.8 Å². The van der Waals surface area contributed by atoms with Crippen LogP contribution in [0.15, 0.2) is 30.3 Å². The number of nitrogens with two attached hydrogens (primary N) is 1. The molecular formula is C35H54N6O6. The van der Waals surface area contributed by atoms with Gasteiger partial charge in [0, 0.05) is 25.7 Å². The number of imide groups is 3. The SMILES string of the molecule is CN[C@H](C(=O)N1CCC[C@H]1C(=O)N1CCC[C@H]1C(=O)N(C(=O)c1ccccc1)C(=O)[C@](C)(C(C)C)N(C)C(=O)[C@@H](N)C(C)C)C(C)C. The fourth-order valence-electron chi connectivity index (χ4n) is 6.58. The zero-order valence-corrected chi connectivity index (χ0v) is 29.5. The molecule has 0 radical (unpaired) electrons. The summed E-state index contributed by atoms with van der Waals surface area (Å²) in [4.78, 5) is 89.4. The molecule has 0 spiro atoms. The van der Waals surface area contributed by atoms with Crippen molar-refractivity contribution in [1.29, 1.82) is 0 Å². The van der Waals surface area contributed by atoms with E-state index in [4.69, 9.17) is 5.73 Å². The van der Waals surface area contributed by atoms with Gasteiger partial charge in [0.25, 0.3) is 17.7 Å². The summed E-state index contributed by atoms with van der Waals surface area (Å²) in [7, 11) is 3.18. The third-order valence-electron chi connectivity index (χ3n) is 10.1. The van der Waals surface area contributed by atoms with Crippen LogP contribution < -0.4 is 11.1 Å². The zero-order valence-electron chi connectivity index (χ0n) is 29.5. The molecule has 12 nitrogen and oxygen atoms in total. The van der Waals surface area contributed by atoms with E-state index in [-0.39, 0.29) is 42.2 Å². The van der Waals surface area contributed by atoms with E-state index in [1.807, 2.05) is 13.8 Å². The van der Waals surface area contributed by atoms with Gasteiger partial charge >= 0.3 is 0 Å². The molecule has 47 heavy (non-hydrogen) atoms. The monoisotopic (exact) mass is 654 g/mol. The maximum Gasteiger partial charge on any atom is 0.267 e. The standard InChI is InChI=1S/C35H54N6O6/c1-21(2)27(36)32(45)38(9)35(7,23(5)6)34(47)41(29(42)24-15-11-10-12-16-24)31(44)26-18-14-19-39(26)30(43)25-17-13-20-40(25)33(46)28(37-8)22(3)4/h10-12,15-16,21-23,25-28,37H,13-14,17-20,36H2,1-9H3/t25-,26-,27-,28-,35-/m0/s1. The molecule has 2 heterocycles. The lowest BCUT2D eigenvalue weighted by molar-refractivity contribution is -0.160. The predicted octanol–water partition coefficient (Wildman–Crippen LogP) is 2.26. The van der Waals surface area contributed by atoms with E-state index in [1.54, 1.807) is 57.8 Å². The Labute approximate surface area is 279 Å². The van der Waals surface area contributed by atoms with Gasteiger partial charge in [-0.05, 0) is 69.5 Å². The lowest BCUT2D eigenvalue weighted by atomic mass is 9.83. The molecule has 3 N–H and O–H groups in total. The van der Waals surface area contributed by atoms with Gasteiger partial charge in [0.2, 0.25) is 17.7 Å².